The first-order valence-electron chi connectivity index (χ1n) is 11.6. The number of primary amides is 1. The molecule has 1 amide bonds. The van der Waals surface area contributed by atoms with Gasteiger partial charge in [-0.2, -0.15) is 0 Å². The highest BCUT2D eigenvalue weighted by Crippen LogP contribution is 2.66. The fourth-order valence-corrected chi connectivity index (χ4v) is 6.58. The van der Waals surface area contributed by atoms with E-state index in [0.717, 1.165) is 17.7 Å². The van der Waals surface area contributed by atoms with Crippen molar-refractivity contribution in [3.8, 4) is 11.5 Å². The molecule has 2 aliphatic carbocycles. The average molecular weight is 458 g/mol. The van der Waals surface area contributed by atoms with Crippen LogP contribution in [-0.2, 0) is 26.2 Å². The van der Waals surface area contributed by atoms with Crippen molar-refractivity contribution in [3.05, 3.63) is 23.3 Å². The Kier molecular flexibility index (Phi) is 4.99. The molecule has 4 aliphatic rings. The zero-order valence-corrected chi connectivity index (χ0v) is 19.3. The number of likely N-dealkylation sites (N-methyl/N-ethyl adjacent to an activating group) is 1. The Morgan fingerprint density at radius 1 is 1.30 bits per heavy atom. The van der Waals surface area contributed by atoms with Gasteiger partial charge < -0.3 is 25.7 Å². The van der Waals surface area contributed by atoms with Crippen LogP contribution >= 0.6 is 0 Å². The van der Waals surface area contributed by atoms with Crippen LogP contribution in [0.5, 0.6) is 11.5 Å². The lowest BCUT2D eigenvalue weighted by atomic mass is 9.49. The van der Waals surface area contributed by atoms with Crippen LogP contribution in [0.1, 0.15) is 50.7 Å². The zero-order chi connectivity index (χ0) is 23.7. The van der Waals surface area contributed by atoms with Crippen LogP contribution in [0.4, 0.5) is 4.79 Å². The number of piperidine rings is 1. The quantitative estimate of drug-likeness (QED) is 0.501. The van der Waals surface area contributed by atoms with Gasteiger partial charge in [0, 0.05) is 24.4 Å². The second-order valence-corrected chi connectivity index (χ2v) is 10.1. The number of ether oxygens (including phenoxy) is 3. The maximum absolute atomic E-state index is 13.2. The van der Waals surface area contributed by atoms with E-state index in [-0.39, 0.29) is 42.4 Å². The summed E-state index contributed by atoms with van der Waals surface area (Å²) in [7, 11) is 2.01. The summed E-state index contributed by atoms with van der Waals surface area (Å²) in [5.41, 5.74) is 11.5. The molecule has 1 spiro atoms. The minimum atomic E-state index is -0.977. The molecule has 1 aromatic rings. The van der Waals surface area contributed by atoms with E-state index in [2.05, 4.69) is 4.90 Å². The third-order valence-corrected chi connectivity index (χ3v) is 8.36. The molecule has 0 unspecified atom stereocenters. The van der Waals surface area contributed by atoms with E-state index < -0.39 is 29.2 Å². The number of nitrogens with zero attached hydrogens (tertiary/aromatic N) is 1. The largest absolute Gasteiger partial charge is 0.477 e. The van der Waals surface area contributed by atoms with Crippen LogP contribution in [0.15, 0.2) is 12.1 Å². The third-order valence-electron chi connectivity index (χ3n) is 8.36. The number of benzene rings is 1. The predicted molar refractivity (Wildman–Crippen MR) is 118 cm³/mol. The summed E-state index contributed by atoms with van der Waals surface area (Å²) in [5.74, 6) is 0.218. The molecule has 0 radical (unpaired) electrons. The normalized spacial score (nSPS) is 33.5. The topological polar surface area (TPSA) is 134 Å². The van der Waals surface area contributed by atoms with Crippen molar-refractivity contribution in [3.63, 3.8) is 0 Å². The number of esters is 1. The molecule has 33 heavy (non-hydrogen) atoms. The summed E-state index contributed by atoms with van der Waals surface area (Å²) in [4.78, 5) is 40.1. The second-order valence-electron chi connectivity index (χ2n) is 10.1. The SMILES string of the molecule is C[C@@H](N)[C@@H](C)CC(=O)Oc1ccc2c3c1O[C@H]1C(=O)CC[C@@]4(OC(N)=O)[C@@H](C2)N(C)CC[C@]314. The van der Waals surface area contributed by atoms with Gasteiger partial charge in [0.25, 0.3) is 0 Å². The summed E-state index contributed by atoms with van der Waals surface area (Å²) in [6, 6.07) is 3.40. The number of ketones is 1. The lowest BCUT2D eigenvalue weighted by Gasteiger charge is -2.62. The van der Waals surface area contributed by atoms with E-state index in [4.69, 9.17) is 25.7 Å². The monoisotopic (exact) mass is 457 g/mol. The minimum absolute atomic E-state index is 0.0334. The molecule has 0 aromatic heterocycles. The number of nitrogens with two attached hydrogens (primary N) is 2. The fraction of sp³-hybridized carbons (Fsp3) is 0.625. The van der Waals surface area contributed by atoms with Gasteiger partial charge in [-0.3, -0.25) is 14.5 Å². The smallest absolute Gasteiger partial charge is 0.405 e. The van der Waals surface area contributed by atoms with Gasteiger partial charge >= 0.3 is 12.1 Å². The van der Waals surface area contributed by atoms with E-state index in [9.17, 15) is 14.4 Å². The Bertz CT molecular complexity index is 1040. The van der Waals surface area contributed by atoms with Crippen molar-refractivity contribution in [1.82, 2.24) is 4.90 Å². The Labute approximate surface area is 192 Å². The van der Waals surface area contributed by atoms with Crippen molar-refractivity contribution >= 4 is 17.8 Å². The van der Waals surface area contributed by atoms with E-state index >= 15 is 0 Å². The lowest BCUT2D eigenvalue weighted by molar-refractivity contribution is -0.184. The summed E-state index contributed by atoms with van der Waals surface area (Å²) in [5, 5.41) is 0. The molecule has 1 saturated heterocycles. The molecule has 2 heterocycles. The van der Waals surface area contributed by atoms with E-state index in [1.54, 1.807) is 6.07 Å². The first-order chi connectivity index (χ1) is 15.6. The predicted octanol–water partition coefficient (Wildman–Crippen LogP) is 1.42. The van der Waals surface area contributed by atoms with Crippen molar-refractivity contribution in [2.24, 2.45) is 17.4 Å². The molecule has 9 nitrogen and oxygen atoms in total. The molecule has 1 aromatic carbocycles. The molecule has 2 bridgehead atoms. The highest BCUT2D eigenvalue weighted by Gasteiger charge is 2.75. The van der Waals surface area contributed by atoms with Gasteiger partial charge in [-0.25, -0.2) is 4.79 Å². The molecule has 9 heteroatoms. The maximum atomic E-state index is 13.2. The number of rotatable bonds is 5. The number of likely N-dealkylation sites (tertiary alicyclic amines) is 1. The van der Waals surface area contributed by atoms with Gasteiger partial charge in [0.1, 0.15) is 5.60 Å². The van der Waals surface area contributed by atoms with Gasteiger partial charge in [0.2, 0.25) is 0 Å². The molecule has 1 saturated carbocycles. The summed E-state index contributed by atoms with van der Waals surface area (Å²) < 4.78 is 18.0. The molecular weight excluding hydrogens is 426 g/mol. The third kappa shape index (κ3) is 2.94. The highest BCUT2D eigenvalue weighted by molar-refractivity contribution is 5.90. The lowest BCUT2D eigenvalue weighted by Crippen LogP contribution is -2.77. The molecule has 4 N–H and O–H groups in total. The van der Waals surface area contributed by atoms with Crippen LogP contribution in [0.25, 0.3) is 0 Å². The van der Waals surface area contributed by atoms with Crippen molar-refractivity contribution < 1.29 is 28.6 Å². The van der Waals surface area contributed by atoms with Gasteiger partial charge in [-0.05, 0) is 57.3 Å². The summed E-state index contributed by atoms with van der Waals surface area (Å²) in [6.07, 6.45) is 0.318. The molecule has 2 fully saturated rings. The number of carbonyl (C=O) groups is 3. The molecule has 6 atom stereocenters. The average Bonchev–Trinajstić information content (AvgIpc) is 3.10. The molecule has 2 aliphatic heterocycles. The van der Waals surface area contributed by atoms with E-state index in [1.165, 1.54) is 0 Å². The van der Waals surface area contributed by atoms with Gasteiger partial charge in [0.05, 0.1) is 11.5 Å². The number of hydrogen-bond acceptors (Lipinski definition) is 8. The fourth-order valence-electron chi connectivity index (χ4n) is 6.58. The molecule has 5 rings (SSSR count). The molecular formula is C24H31N3O6. The van der Waals surface area contributed by atoms with Crippen molar-refractivity contribution in [2.75, 3.05) is 13.6 Å². The molecule has 178 valence electrons. The van der Waals surface area contributed by atoms with Gasteiger partial charge in [0.15, 0.2) is 23.4 Å². The van der Waals surface area contributed by atoms with Crippen molar-refractivity contribution in [1.29, 1.82) is 0 Å². The zero-order valence-electron chi connectivity index (χ0n) is 19.3. The summed E-state index contributed by atoms with van der Waals surface area (Å²) in [6.45, 7) is 4.47. The number of Topliss-reactive ketones (excluding diaryl/α,β-unsaturated/α-hetero) is 1. The van der Waals surface area contributed by atoms with Crippen LogP contribution in [0.3, 0.4) is 0 Å². The number of hydrogen-bond donors (Lipinski definition) is 2. The van der Waals surface area contributed by atoms with E-state index in [0.29, 0.717) is 25.0 Å². The first kappa shape index (κ1) is 22.2. The highest BCUT2D eigenvalue weighted by atomic mass is 16.6. The van der Waals surface area contributed by atoms with E-state index in [1.807, 2.05) is 27.0 Å². The number of amides is 1. The van der Waals surface area contributed by atoms with Crippen LogP contribution in [0.2, 0.25) is 0 Å². The van der Waals surface area contributed by atoms with Gasteiger partial charge in [-0.15, -0.1) is 0 Å². The Morgan fingerprint density at radius 2 is 2.06 bits per heavy atom. The number of carbonyl (C=O) groups excluding carboxylic acids is 3. The summed E-state index contributed by atoms with van der Waals surface area (Å²) >= 11 is 0. The van der Waals surface area contributed by atoms with Crippen molar-refractivity contribution in [2.45, 2.75) is 75.2 Å². The Balaban J connectivity index is 1.63. The Hall–Kier alpha value is -2.65. The maximum Gasteiger partial charge on any atom is 0.405 e. The Morgan fingerprint density at radius 3 is 2.76 bits per heavy atom. The standard InChI is InChI=1S/C24H31N3O6/c1-12(13(2)25)10-18(29)31-16-5-4-14-11-17-24(33-22(26)30)7-6-15(28)21-23(24,8-9-27(17)3)19(14)20(16)32-21/h4-5,12-13,17,21H,6-11,25H2,1-3H3,(H2,26,30)/t12-,13+,17+,21-,23-,24+/m0/s1. The van der Waals surface area contributed by atoms with Crippen LogP contribution in [0, 0.1) is 5.92 Å². The first-order valence-corrected chi connectivity index (χ1v) is 11.6. The van der Waals surface area contributed by atoms with Crippen LogP contribution < -0.4 is 20.9 Å². The van der Waals surface area contributed by atoms with Gasteiger partial charge in [-0.1, -0.05) is 13.0 Å². The van der Waals surface area contributed by atoms with Crippen LogP contribution in [-0.4, -0.2) is 60.1 Å². The minimum Gasteiger partial charge on any atom is -0.477 e. The second kappa shape index (κ2) is 7.43.